The number of rotatable bonds is 1. The van der Waals surface area contributed by atoms with E-state index in [1.54, 1.807) is 0 Å². The molecular formula is C7H12NO2. The van der Waals surface area contributed by atoms with E-state index in [-0.39, 0.29) is 12.0 Å². The smallest absolute Gasteiger partial charge is 0.241 e. The minimum absolute atomic E-state index is 0.0941. The Balaban J connectivity index is 2.33. The molecule has 1 aliphatic rings. The first kappa shape index (κ1) is 7.54. The molecule has 10 heavy (non-hydrogen) atoms. The molecule has 0 aromatic rings. The molecule has 0 aliphatic heterocycles. The van der Waals surface area contributed by atoms with Gasteiger partial charge >= 0.3 is 0 Å². The summed E-state index contributed by atoms with van der Waals surface area (Å²) in [6.07, 6.45) is 2.55. The first-order valence-electron chi connectivity index (χ1n) is 3.63. The van der Waals surface area contributed by atoms with Gasteiger partial charge in [0.1, 0.15) is 0 Å². The molecule has 3 nitrogen and oxygen atoms in total. The van der Waals surface area contributed by atoms with Gasteiger partial charge in [-0.15, -0.1) is 0 Å². The highest BCUT2D eigenvalue weighted by Crippen LogP contribution is 2.23. The summed E-state index contributed by atoms with van der Waals surface area (Å²) in [5.41, 5.74) is 6.82. The van der Waals surface area contributed by atoms with Crippen LogP contribution in [0.1, 0.15) is 25.7 Å². The van der Waals surface area contributed by atoms with E-state index in [1.807, 2.05) is 0 Å². The molecule has 0 aromatic carbocycles. The molecule has 1 radical (unpaired) electrons. The molecule has 0 unspecified atom stereocenters. The van der Waals surface area contributed by atoms with Crippen LogP contribution in [-0.2, 0) is 4.79 Å². The van der Waals surface area contributed by atoms with E-state index < -0.39 is 5.91 Å². The summed E-state index contributed by atoms with van der Waals surface area (Å²) in [5, 5.41) is 9.04. The predicted molar refractivity (Wildman–Crippen MR) is 36.1 cm³/mol. The topological polar surface area (TPSA) is 61.1 Å². The van der Waals surface area contributed by atoms with E-state index in [9.17, 15) is 4.79 Å². The molecular weight excluding hydrogens is 130 g/mol. The molecule has 1 rings (SSSR count). The van der Waals surface area contributed by atoms with Gasteiger partial charge in [-0.3, -0.25) is 10.5 Å². The van der Waals surface area contributed by atoms with Crippen molar-refractivity contribution < 1.29 is 9.90 Å². The molecule has 2 N–H and O–H groups in total. The highest BCUT2D eigenvalue weighted by molar-refractivity contribution is 5.75. The molecule has 1 saturated carbocycles. The van der Waals surface area contributed by atoms with Gasteiger partial charge < -0.3 is 5.11 Å². The maximum atomic E-state index is 10.5. The zero-order chi connectivity index (χ0) is 7.56. The van der Waals surface area contributed by atoms with Gasteiger partial charge in [-0.05, 0) is 25.7 Å². The van der Waals surface area contributed by atoms with Gasteiger partial charge in [-0.25, -0.2) is 0 Å². The second-order valence-corrected chi connectivity index (χ2v) is 2.87. The van der Waals surface area contributed by atoms with Crippen molar-refractivity contribution in [1.82, 2.24) is 5.73 Å². The Labute approximate surface area is 60.2 Å². The largest absolute Gasteiger partial charge is 0.393 e. The van der Waals surface area contributed by atoms with Gasteiger partial charge in [0, 0.05) is 5.92 Å². The van der Waals surface area contributed by atoms with Crippen LogP contribution >= 0.6 is 0 Å². The highest BCUT2D eigenvalue weighted by Gasteiger charge is 2.23. The molecule has 1 aliphatic carbocycles. The lowest BCUT2D eigenvalue weighted by Crippen LogP contribution is -2.24. The monoisotopic (exact) mass is 142 g/mol. The lowest BCUT2D eigenvalue weighted by atomic mass is 9.87. The first-order chi connectivity index (χ1) is 4.70. The molecule has 1 fully saturated rings. The summed E-state index contributed by atoms with van der Waals surface area (Å²) in [6.45, 7) is 0. The fraction of sp³-hybridized carbons (Fsp3) is 0.857. The van der Waals surface area contributed by atoms with Crippen LogP contribution in [0.4, 0.5) is 0 Å². The minimum atomic E-state index is -0.466. The van der Waals surface area contributed by atoms with E-state index >= 15 is 0 Å². The predicted octanol–water partition coefficient (Wildman–Crippen LogP) is 0.347. The van der Waals surface area contributed by atoms with Crippen molar-refractivity contribution in [3.63, 3.8) is 0 Å². The van der Waals surface area contributed by atoms with Gasteiger partial charge in [-0.2, -0.15) is 0 Å². The lowest BCUT2D eigenvalue weighted by Gasteiger charge is -2.21. The quantitative estimate of drug-likeness (QED) is 0.574. The fourth-order valence-corrected chi connectivity index (χ4v) is 1.34. The Bertz CT molecular complexity index is 128. The van der Waals surface area contributed by atoms with Gasteiger partial charge in [-0.1, -0.05) is 0 Å². The van der Waals surface area contributed by atoms with E-state index in [2.05, 4.69) is 0 Å². The molecule has 1 amide bonds. The third-order valence-electron chi connectivity index (χ3n) is 2.07. The molecule has 0 bridgehead atoms. The number of carbonyl (C=O) groups is 1. The van der Waals surface area contributed by atoms with Crippen LogP contribution in [0, 0.1) is 5.92 Å². The zero-order valence-corrected chi connectivity index (χ0v) is 5.84. The van der Waals surface area contributed by atoms with Crippen LogP contribution in [0.2, 0.25) is 0 Å². The summed E-state index contributed by atoms with van der Waals surface area (Å²) in [5.74, 6) is -0.560. The summed E-state index contributed by atoms with van der Waals surface area (Å²) in [6, 6.07) is 0. The van der Waals surface area contributed by atoms with Crippen molar-refractivity contribution in [2.75, 3.05) is 0 Å². The zero-order valence-electron chi connectivity index (χ0n) is 5.84. The normalized spacial score (nSPS) is 33.7. The van der Waals surface area contributed by atoms with Crippen LogP contribution in [0.3, 0.4) is 0 Å². The van der Waals surface area contributed by atoms with Crippen LogP contribution in [-0.4, -0.2) is 17.1 Å². The van der Waals surface area contributed by atoms with E-state index in [1.165, 1.54) is 0 Å². The highest BCUT2D eigenvalue weighted by atomic mass is 16.3. The number of aliphatic hydroxyl groups excluding tert-OH is 1. The van der Waals surface area contributed by atoms with Crippen LogP contribution in [0.25, 0.3) is 0 Å². The fourth-order valence-electron chi connectivity index (χ4n) is 1.34. The van der Waals surface area contributed by atoms with Gasteiger partial charge in [0.25, 0.3) is 0 Å². The maximum absolute atomic E-state index is 10.5. The molecule has 0 heterocycles. The maximum Gasteiger partial charge on any atom is 0.241 e. The first-order valence-corrected chi connectivity index (χ1v) is 3.63. The Morgan fingerprint density at radius 2 is 1.80 bits per heavy atom. The lowest BCUT2D eigenvalue weighted by molar-refractivity contribution is -0.123. The average molecular weight is 142 g/mol. The molecule has 57 valence electrons. The molecule has 0 atom stereocenters. The van der Waals surface area contributed by atoms with Crippen molar-refractivity contribution in [2.24, 2.45) is 5.92 Å². The van der Waals surface area contributed by atoms with Crippen LogP contribution in [0.15, 0.2) is 0 Å². The second kappa shape index (κ2) is 3.01. The number of aliphatic hydroxyl groups is 1. The summed E-state index contributed by atoms with van der Waals surface area (Å²) < 4.78 is 0. The number of amides is 1. The van der Waals surface area contributed by atoms with Crippen molar-refractivity contribution in [3.05, 3.63) is 0 Å². The molecule has 0 aromatic heterocycles. The van der Waals surface area contributed by atoms with Crippen molar-refractivity contribution >= 4 is 5.91 Å². The Hall–Kier alpha value is -0.570. The minimum Gasteiger partial charge on any atom is -0.393 e. The van der Waals surface area contributed by atoms with Gasteiger partial charge in [0.15, 0.2) is 0 Å². The number of carbonyl (C=O) groups excluding carboxylic acids is 1. The van der Waals surface area contributed by atoms with E-state index in [0.717, 1.165) is 0 Å². The van der Waals surface area contributed by atoms with Gasteiger partial charge in [0.2, 0.25) is 5.91 Å². The van der Waals surface area contributed by atoms with Crippen molar-refractivity contribution in [2.45, 2.75) is 31.8 Å². The molecule has 0 spiro atoms. The van der Waals surface area contributed by atoms with Crippen molar-refractivity contribution in [3.8, 4) is 0 Å². The average Bonchev–Trinajstić information content (AvgIpc) is 1.88. The number of hydrogen-bond acceptors (Lipinski definition) is 2. The Morgan fingerprint density at radius 1 is 1.30 bits per heavy atom. The SMILES string of the molecule is [NH]C(=O)[C@H]1CC[C@@H](O)CC1. The van der Waals surface area contributed by atoms with E-state index in [4.69, 9.17) is 10.8 Å². The summed E-state index contributed by atoms with van der Waals surface area (Å²) in [4.78, 5) is 10.5. The number of nitrogens with one attached hydrogen (secondary N) is 1. The van der Waals surface area contributed by atoms with Crippen LogP contribution in [0.5, 0.6) is 0 Å². The third-order valence-corrected chi connectivity index (χ3v) is 2.07. The third kappa shape index (κ3) is 1.70. The summed E-state index contributed by atoms with van der Waals surface area (Å²) in [7, 11) is 0. The second-order valence-electron chi connectivity index (χ2n) is 2.87. The Morgan fingerprint density at radius 3 is 2.20 bits per heavy atom. The van der Waals surface area contributed by atoms with Crippen LogP contribution < -0.4 is 5.73 Å². The number of hydrogen-bond donors (Lipinski definition) is 1. The molecule has 0 saturated heterocycles. The molecule has 3 heteroatoms. The standard InChI is InChI=1S/C7H12NO2/c8-7(10)5-1-3-6(9)4-2-5/h5-6,8-9H,1-4H2/t5-,6+. The summed E-state index contributed by atoms with van der Waals surface area (Å²) >= 11 is 0. The van der Waals surface area contributed by atoms with Crippen molar-refractivity contribution in [1.29, 1.82) is 0 Å². The van der Waals surface area contributed by atoms with Gasteiger partial charge in [0.05, 0.1) is 6.10 Å². The van der Waals surface area contributed by atoms with E-state index in [0.29, 0.717) is 25.7 Å². The Kier molecular flexibility index (Phi) is 2.27.